The van der Waals surface area contributed by atoms with Crippen LogP contribution in [0.3, 0.4) is 0 Å². The van der Waals surface area contributed by atoms with Crippen LogP contribution in [0.25, 0.3) is 0 Å². The monoisotopic (exact) mass is 562 g/mol. The van der Waals surface area contributed by atoms with Crippen LogP contribution in [0.1, 0.15) is 63.9 Å². The van der Waals surface area contributed by atoms with Crippen LogP contribution in [0.15, 0.2) is 17.3 Å². The summed E-state index contributed by atoms with van der Waals surface area (Å²) in [7, 11) is 1.37. The minimum atomic E-state index is -0.399. The third kappa shape index (κ3) is 6.30. The van der Waals surface area contributed by atoms with Crippen LogP contribution in [0.4, 0.5) is 5.00 Å². The number of thiophene rings is 1. The van der Waals surface area contributed by atoms with E-state index in [0.29, 0.717) is 28.1 Å². The predicted molar refractivity (Wildman–Crippen MR) is 147 cm³/mol. The van der Waals surface area contributed by atoms with Gasteiger partial charge in [0.15, 0.2) is 11.0 Å². The van der Waals surface area contributed by atoms with Crippen molar-refractivity contribution in [2.45, 2.75) is 71.2 Å². The van der Waals surface area contributed by atoms with Crippen LogP contribution in [-0.4, -0.2) is 39.5 Å². The summed E-state index contributed by atoms with van der Waals surface area (Å²) in [5.41, 5.74) is 3.44. The minimum absolute atomic E-state index is 0.137. The lowest BCUT2D eigenvalue weighted by molar-refractivity contribution is -0.113. The van der Waals surface area contributed by atoms with Gasteiger partial charge in [0.05, 0.1) is 18.4 Å². The molecule has 0 atom stereocenters. The predicted octanol–water partition coefficient (Wildman–Crippen LogP) is 6.00. The van der Waals surface area contributed by atoms with Gasteiger partial charge in [-0.2, -0.15) is 0 Å². The van der Waals surface area contributed by atoms with Crippen LogP contribution >= 0.6 is 34.7 Å². The summed E-state index contributed by atoms with van der Waals surface area (Å²) in [4.78, 5) is 26.6. The molecule has 1 amide bonds. The number of methoxy groups -OCH3 is 1. The van der Waals surface area contributed by atoms with E-state index in [4.69, 9.17) is 21.1 Å². The van der Waals surface area contributed by atoms with Crippen molar-refractivity contribution in [1.29, 1.82) is 0 Å². The number of aryl methyl sites for hydroxylation is 3. The first kappa shape index (κ1) is 27.5. The zero-order chi connectivity index (χ0) is 26.5. The minimum Gasteiger partial charge on any atom is -0.486 e. The van der Waals surface area contributed by atoms with Crippen molar-refractivity contribution in [1.82, 2.24) is 14.8 Å². The van der Waals surface area contributed by atoms with E-state index in [1.807, 2.05) is 37.5 Å². The first-order valence-electron chi connectivity index (χ1n) is 12.3. The van der Waals surface area contributed by atoms with E-state index in [-0.39, 0.29) is 18.3 Å². The molecule has 0 fully saturated rings. The van der Waals surface area contributed by atoms with Gasteiger partial charge in [-0.3, -0.25) is 4.79 Å². The van der Waals surface area contributed by atoms with Gasteiger partial charge in [-0.15, -0.1) is 21.5 Å². The Balaban J connectivity index is 1.41. The van der Waals surface area contributed by atoms with Crippen molar-refractivity contribution in [3.8, 4) is 5.75 Å². The highest BCUT2D eigenvalue weighted by molar-refractivity contribution is 7.99. The molecular formula is C26H31ClN4O4S2. The molecule has 4 rings (SSSR count). The zero-order valence-electron chi connectivity index (χ0n) is 21.5. The van der Waals surface area contributed by atoms with Gasteiger partial charge in [-0.05, 0) is 75.3 Å². The summed E-state index contributed by atoms with van der Waals surface area (Å²) >= 11 is 9.04. The molecule has 2 aromatic heterocycles. The average molecular weight is 563 g/mol. The van der Waals surface area contributed by atoms with Crippen molar-refractivity contribution < 1.29 is 19.1 Å². The molecule has 0 saturated carbocycles. The Hall–Kier alpha value is -2.56. The highest BCUT2D eigenvalue weighted by atomic mass is 35.5. The first-order chi connectivity index (χ1) is 17.8. The van der Waals surface area contributed by atoms with Crippen molar-refractivity contribution in [3.63, 3.8) is 0 Å². The Morgan fingerprint density at radius 1 is 1.16 bits per heavy atom. The number of hydrogen-bond acceptors (Lipinski definition) is 8. The fourth-order valence-corrected chi connectivity index (χ4v) is 6.65. The van der Waals surface area contributed by atoms with Crippen molar-refractivity contribution in [2.75, 3.05) is 18.2 Å². The Bertz CT molecular complexity index is 1280. The molecular weight excluding hydrogens is 532 g/mol. The number of benzene rings is 1. The number of hydrogen-bond donors (Lipinski definition) is 1. The molecule has 2 heterocycles. The van der Waals surface area contributed by atoms with Gasteiger partial charge in [-0.25, -0.2) is 4.79 Å². The molecule has 0 saturated heterocycles. The Morgan fingerprint density at radius 3 is 2.59 bits per heavy atom. The van der Waals surface area contributed by atoms with Gasteiger partial charge in [0.25, 0.3) is 0 Å². The maximum Gasteiger partial charge on any atom is 0.341 e. The van der Waals surface area contributed by atoms with Crippen molar-refractivity contribution >= 4 is 51.6 Å². The fourth-order valence-electron chi connectivity index (χ4n) is 4.43. The Kier molecular flexibility index (Phi) is 9.15. The maximum absolute atomic E-state index is 12.9. The number of thioether (sulfide) groups is 1. The molecule has 0 spiro atoms. The highest BCUT2D eigenvalue weighted by Crippen LogP contribution is 2.38. The Labute approximate surface area is 230 Å². The lowest BCUT2D eigenvalue weighted by Gasteiger charge is -2.11. The number of nitrogens with zero attached hydrogens (tertiary/aromatic N) is 3. The molecule has 1 aromatic carbocycles. The van der Waals surface area contributed by atoms with Crippen LogP contribution in [-0.2, 0) is 35.5 Å². The second kappa shape index (κ2) is 12.3. The van der Waals surface area contributed by atoms with Crippen LogP contribution in [0, 0.1) is 13.8 Å². The largest absolute Gasteiger partial charge is 0.486 e. The molecule has 3 aromatic rings. The lowest BCUT2D eigenvalue weighted by Crippen LogP contribution is -2.17. The van der Waals surface area contributed by atoms with E-state index in [1.54, 1.807) is 0 Å². The standard InChI is InChI=1S/C26H31ClN4O4S2/c1-5-31-20(13-35-17-11-15(2)23(27)16(3)12-17)29-30-26(31)36-14-21(32)28-24-22(25(33)34-4)18-9-7-6-8-10-19(18)37-24/h11-12H,5-10,13-14H2,1-4H3,(H,28,32). The van der Waals surface area contributed by atoms with Gasteiger partial charge in [0, 0.05) is 16.4 Å². The second-order valence-electron chi connectivity index (χ2n) is 8.90. The summed E-state index contributed by atoms with van der Waals surface area (Å²) < 4.78 is 12.9. The number of ether oxygens (including phenoxy) is 2. The summed E-state index contributed by atoms with van der Waals surface area (Å²) in [6.45, 7) is 6.76. The van der Waals surface area contributed by atoms with Crippen LogP contribution in [0.5, 0.6) is 5.75 Å². The van der Waals surface area contributed by atoms with Crippen LogP contribution < -0.4 is 10.1 Å². The van der Waals surface area contributed by atoms with Crippen molar-refractivity contribution in [2.24, 2.45) is 0 Å². The van der Waals surface area contributed by atoms with Gasteiger partial charge >= 0.3 is 5.97 Å². The highest BCUT2D eigenvalue weighted by Gasteiger charge is 2.26. The van der Waals surface area contributed by atoms with Gasteiger partial charge in [0.1, 0.15) is 17.4 Å². The van der Waals surface area contributed by atoms with Crippen molar-refractivity contribution in [3.05, 3.63) is 50.1 Å². The van der Waals surface area contributed by atoms with E-state index in [2.05, 4.69) is 15.5 Å². The second-order valence-corrected chi connectivity index (χ2v) is 11.3. The molecule has 8 nitrogen and oxygen atoms in total. The number of amides is 1. The number of fused-ring (bicyclic) bond motifs is 1. The van der Waals surface area contributed by atoms with E-state index < -0.39 is 5.97 Å². The smallest absolute Gasteiger partial charge is 0.341 e. The Morgan fingerprint density at radius 2 is 1.89 bits per heavy atom. The number of halogens is 1. The molecule has 198 valence electrons. The number of nitrogens with one attached hydrogen (secondary N) is 1. The number of anilines is 1. The third-order valence-corrected chi connectivity index (χ3v) is 9.05. The SMILES string of the molecule is CCn1c(COc2cc(C)c(Cl)c(C)c2)nnc1SCC(=O)Nc1sc2c(c1C(=O)OC)CCCCC2. The zero-order valence-corrected chi connectivity index (χ0v) is 23.9. The lowest BCUT2D eigenvalue weighted by atomic mass is 10.1. The number of esters is 1. The molecule has 1 N–H and O–H groups in total. The fraction of sp³-hybridized carbons (Fsp3) is 0.462. The molecule has 11 heteroatoms. The molecule has 0 bridgehead atoms. The number of carbonyl (C=O) groups is 2. The molecule has 1 aliphatic carbocycles. The molecule has 0 unspecified atom stereocenters. The number of aromatic nitrogens is 3. The summed E-state index contributed by atoms with van der Waals surface area (Å²) in [5.74, 6) is 0.920. The number of rotatable bonds is 9. The van der Waals surface area contributed by atoms with E-state index in [0.717, 1.165) is 59.6 Å². The van der Waals surface area contributed by atoms with E-state index in [1.165, 1.54) is 35.1 Å². The molecule has 1 aliphatic rings. The summed E-state index contributed by atoms with van der Waals surface area (Å²) in [6.07, 6.45) is 5.03. The summed E-state index contributed by atoms with van der Waals surface area (Å²) in [5, 5.41) is 13.4. The van der Waals surface area contributed by atoms with E-state index >= 15 is 0 Å². The quantitative estimate of drug-likeness (QED) is 0.194. The topological polar surface area (TPSA) is 95.3 Å². The van der Waals surface area contributed by atoms with Gasteiger partial charge in [0.2, 0.25) is 5.91 Å². The first-order valence-corrected chi connectivity index (χ1v) is 14.5. The maximum atomic E-state index is 12.9. The van der Waals surface area contributed by atoms with E-state index in [9.17, 15) is 9.59 Å². The average Bonchev–Trinajstić information content (AvgIpc) is 3.35. The third-order valence-electron chi connectivity index (χ3n) is 6.28. The normalized spacial score (nSPS) is 13.1. The molecule has 0 radical (unpaired) electrons. The summed E-state index contributed by atoms with van der Waals surface area (Å²) in [6, 6.07) is 3.80. The van der Waals surface area contributed by atoms with Gasteiger partial charge in [-0.1, -0.05) is 29.8 Å². The molecule has 0 aliphatic heterocycles. The van der Waals surface area contributed by atoms with Gasteiger partial charge < -0.3 is 19.4 Å². The number of carbonyl (C=O) groups excluding carboxylic acids is 2. The van der Waals surface area contributed by atoms with Crippen LogP contribution in [0.2, 0.25) is 5.02 Å². The molecule has 37 heavy (non-hydrogen) atoms.